The van der Waals surface area contributed by atoms with E-state index in [1.54, 1.807) is 22.7 Å². The second-order valence-corrected chi connectivity index (χ2v) is 11.6. The van der Waals surface area contributed by atoms with Crippen LogP contribution in [0.25, 0.3) is 52.8 Å². The van der Waals surface area contributed by atoms with Crippen LogP contribution in [0.3, 0.4) is 0 Å². The second kappa shape index (κ2) is 9.21. The van der Waals surface area contributed by atoms with E-state index in [-0.39, 0.29) is 0 Å². The minimum atomic E-state index is 0.641. The van der Waals surface area contributed by atoms with Crippen LogP contribution < -0.4 is 0 Å². The summed E-state index contributed by atoms with van der Waals surface area (Å²) in [6.07, 6.45) is 0. The van der Waals surface area contributed by atoms with E-state index < -0.39 is 0 Å². The number of aromatic nitrogens is 2. The minimum absolute atomic E-state index is 0.641. The summed E-state index contributed by atoms with van der Waals surface area (Å²) in [6, 6.07) is 27.9. The number of rotatable bonds is 4. The van der Waals surface area contributed by atoms with Gasteiger partial charge in [0.2, 0.25) is 0 Å². The Hall–Kier alpha value is -4.32. The van der Waals surface area contributed by atoms with Crippen molar-refractivity contribution in [3.8, 4) is 53.9 Å². The molecule has 0 N–H and O–H groups in total. The maximum absolute atomic E-state index is 9.11. The molecule has 0 fully saturated rings. The van der Waals surface area contributed by atoms with Gasteiger partial charge in [-0.15, -0.1) is 22.7 Å². The van der Waals surface area contributed by atoms with Gasteiger partial charge in [-0.3, -0.25) is 0 Å². The summed E-state index contributed by atoms with van der Waals surface area (Å²) in [5.41, 5.74) is 8.62. The largest absolute Gasteiger partial charge is 0.192 e. The van der Waals surface area contributed by atoms with Crippen LogP contribution in [0.4, 0.5) is 11.4 Å². The van der Waals surface area contributed by atoms with E-state index >= 15 is 0 Å². The van der Waals surface area contributed by atoms with Crippen LogP contribution in [-0.4, -0.2) is 8.75 Å². The molecule has 1 aliphatic rings. The average Bonchev–Trinajstić information content (AvgIpc) is 3.79. The molecule has 4 heterocycles. The molecule has 3 aromatic heterocycles. The fraction of sp³-hybridized carbons (Fsp3) is 0. The van der Waals surface area contributed by atoms with E-state index in [0.29, 0.717) is 11.1 Å². The molecule has 0 atom stereocenters. The standard InChI is InChI=1S/C28H12N6S4/c29-13-15-1-5-17(6-2-15)19-9-11-21(35-19)23-25-27(33-37-31-25)24(28-26(23)32-38-34-28)22-12-10-20(36-22)18-7-3-16(14-30)4-8-18/h1-12H. The molecule has 0 unspecified atom stereocenters. The van der Waals surface area contributed by atoms with E-state index in [1.807, 2.05) is 48.5 Å². The monoisotopic (exact) mass is 560 g/mol. The highest BCUT2D eigenvalue weighted by atomic mass is 32.1. The van der Waals surface area contributed by atoms with Crippen molar-refractivity contribution < 1.29 is 0 Å². The lowest BCUT2D eigenvalue weighted by molar-refractivity contribution is 1.49. The van der Waals surface area contributed by atoms with E-state index in [4.69, 9.17) is 28.0 Å². The van der Waals surface area contributed by atoms with Gasteiger partial charge in [-0.2, -0.15) is 28.0 Å². The molecule has 1 aliphatic heterocycles. The average molecular weight is 561 g/mol. The summed E-state index contributed by atoms with van der Waals surface area (Å²) in [4.78, 5) is 4.31. The molecule has 0 spiro atoms. The lowest BCUT2D eigenvalue weighted by Crippen LogP contribution is -1.85. The number of fused-ring (bicyclic) bond motifs is 2. The third-order valence-electron chi connectivity index (χ3n) is 6.23. The molecule has 0 radical (unpaired) electrons. The quantitative estimate of drug-likeness (QED) is 0.214. The Balaban J connectivity index is 1.35. The number of nitrogens with zero attached hydrogens (tertiary/aromatic N) is 6. The third-order valence-corrected chi connectivity index (χ3v) is 9.59. The SMILES string of the molecule is N#Cc1ccc(-c2ccc(-c3c4c(c(-c5ccc(-c6ccc(C#N)cc6)s5)c5nsnc35)N=S=N4)s2)cc1. The van der Waals surface area contributed by atoms with Crippen LogP contribution in [0.2, 0.25) is 0 Å². The van der Waals surface area contributed by atoms with Crippen LogP contribution in [-0.2, 0) is 11.4 Å². The van der Waals surface area contributed by atoms with Gasteiger partial charge in [0.15, 0.2) is 0 Å². The molecular formula is C28H12N6S4. The summed E-state index contributed by atoms with van der Waals surface area (Å²) in [5.74, 6) is 0. The van der Waals surface area contributed by atoms with Gasteiger partial charge in [-0.25, -0.2) is 0 Å². The van der Waals surface area contributed by atoms with Crippen LogP contribution in [0.15, 0.2) is 81.5 Å². The van der Waals surface area contributed by atoms with Gasteiger partial charge in [0.05, 0.1) is 46.3 Å². The Kier molecular flexibility index (Phi) is 5.54. The van der Waals surface area contributed by atoms with Gasteiger partial charge in [0.25, 0.3) is 0 Å². The number of nitriles is 2. The first-order chi connectivity index (χ1) is 18.7. The van der Waals surface area contributed by atoms with Crippen molar-refractivity contribution >= 4 is 68.2 Å². The molecule has 38 heavy (non-hydrogen) atoms. The first-order valence-electron chi connectivity index (χ1n) is 11.4. The molecule has 0 amide bonds. The zero-order valence-electron chi connectivity index (χ0n) is 19.2. The Morgan fingerprint density at radius 3 is 1.37 bits per heavy atom. The highest BCUT2D eigenvalue weighted by Gasteiger charge is 2.27. The summed E-state index contributed by atoms with van der Waals surface area (Å²) in [7, 11) is 0. The third kappa shape index (κ3) is 3.71. The van der Waals surface area contributed by atoms with Crippen molar-refractivity contribution in [3.05, 3.63) is 83.9 Å². The summed E-state index contributed by atoms with van der Waals surface area (Å²) in [6.45, 7) is 0. The fourth-order valence-corrected chi connectivity index (χ4v) is 7.63. The maximum atomic E-state index is 9.11. The molecule has 0 saturated heterocycles. The zero-order chi connectivity index (χ0) is 25.6. The van der Waals surface area contributed by atoms with E-state index in [9.17, 15) is 0 Å². The number of hydrogen-bond donors (Lipinski definition) is 0. The first kappa shape index (κ1) is 22.8. The van der Waals surface area contributed by atoms with Gasteiger partial charge >= 0.3 is 0 Å². The summed E-state index contributed by atoms with van der Waals surface area (Å²) < 4.78 is 18.8. The smallest absolute Gasteiger partial charge is 0.116 e. The lowest BCUT2D eigenvalue weighted by Gasteiger charge is -2.09. The molecule has 0 bridgehead atoms. The second-order valence-electron chi connectivity index (χ2n) is 8.38. The molecule has 0 aliphatic carbocycles. The summed E-state index contributed by atoms with van der Waals surface area (Å²) in [5, 5.41) is 18.2. The van der Waals surface area contributed by atoms with Crippen LogP contribution in [0.5, 0.6) is 0 Å². The van der Waals surface area contributed by atoms with Crippen molar-refractivity contribution in [2.45, 2.75) is 0 Å². The van der Waals surface area contributed by atoms with Gasteiger partial charge in [-0.05, 0) is 59.7 Å². The lowest BCUT2D eigenvalue weighted by atomic mass is 10.0. The van der Waals surface area contributed by atoms with Crippen LogP contribution >= 0.6 is 34.4 Å². The number of thiophene rings is 2. The molecule has 6 nitrogen and oxygen atoms in total. The van der Waals surface area contributed by atoms with Crippen LogP contribution in [0.1, 0.15) is 11.1 Å². The van der Waals surface area contributed by atoms with Gasteiger partial charge in [0.1, 0.15) is 22.4 Å². The zero-order valence-corrected chi connectivity index (χ0v) is 22.5. The Labute approximate surface area is 232 Å². The first-order valence-corrected chi connectivity index (χ1v) is 14.4. The highest BCUT2D eigenvalue weighted by molar-refractivity contribution is 7.58. The van der Waals surface area contributed by atoms with E-state index in [2.05, 4.69) is 36.4 Å². The van der Waals surface area contributed by atoms with Gasteiger partial charge < -0.3 is 0 Å². The molecular weight excluding hydrogens is 549 g/mol. The maximum Gasteiger partial charge on any atom is 0.116 e. The van der Waals surface area contributed by atoms with Crippen molar-refractivity contribution in [1.82, 2.24) is 8.75 Å². The Morgan fingerprint density at radius 2 is 0.947 bits per heavy atom. The fourth-order valence-electron chi connectivity index (χ4n) is 4.40. The van der Waals surface area contributed by atoms with E-state index in [0.717, 1.165) is 64.2 Å². The Bertz CT molecular complexity index is 1880. The van der Waals surface area contributed by atoms with Gasteiger partial charge in [-0.1, -0.05) is 24.3 Å². The number of hydrogen-bond acceptors (Lipinski definition) is 9. The topological polar surface area (TPSA) is 98.1 Å². The number of benzene rings is 3. The minimum Gasteiger partial charge on any atom is -0.192 e. The van der Waals surface area contributed by atoms with Crippen molar-refractivity contribution in [2.24, 2.45) is 8.73 Å². The Morgan fingerprint density at radius 1 is 0.526 bits per heavy atom. The van der Waals surface area contributed by atoms with Crippen LogP contribution in [0, 0.1) is 22.7 Å². The molecule has 10 heteroatoms. The van der Waals surface area contributed by atoms with Gasteiger partial charge in [0, 0.05) is 30.6 Å². The molecule has 0 saturated carbocycles. The predicted octanol–water partition coefficient (Wildman–Crippen LogP) is 8.95. The van der Waals surface area contributed by atoms with Crippen molar-refractivity contribution in [2.75, 3.05) is 0 Å². The van der Waals surface area contributed by atoms with E-state index in [1.165, 1.54) is 23.1 Å². The van der Waals surface area contributed by atoms with Crippen molar-refractivity contribution in [3.63, 3.8) is 0 Å². The molecule has 178 valence electrons. The van der Waals surface area contributed by atoms with Crippen molar-refractivity contribution in [1.29, 1.82) is 10.5 Å². The highest BCUT2D eigenvalue weighted by Crippen LogP contribution is 2.54. The predicted molar refractivity (Wildman–Crippen MR) is 156 cm³/mol. The molecule has 6 aromatic rings. The summed E-state index contributed by atoms with van der Waals surface area (Å²) >= 11 is 5.72. The molecule has 7 rings (SSSR count). The normalized spacial score (nSPS) is 11.7. The molecule has 3 aromatic carbocycles.